The molecule has 1 atom stereocenters. The molecule has 6 heteroatoms. The van der Waals surface area contributed by atoms with Crippen molar-refractivity contribution in [3.63, 3.8) is 0 Å². The number of nitrogens with two attached hydrogens (primary N) is 1. The minimum absolute atomic E-state index is 0.0633. The standard InChI is InChI=1S/C14H18IN3OS/c1-8-6-17-11(9(2)14(8)19-3)5-12(18-16)10-4-13(15)20-7-10/h4,6-7,12,18H,5,16H2,1-3H3. The monoisotopic (exact) mass is 403 g/mol. The molecule has 2 aromatic rings. The van der Waals surface area contributed by atoms with Crippen LogP contribution in [0, 0.1) is 16.7 Å². The molecule has 3 N–H and O–H groups in total. The van der Waals surface area contributed by atoms with E-state index < -0.39 is 0 Å². The quantitative estimate of drug-likeness (QED) is 0.458. The van der Waals surface area contributed by atoms with Gasteiger partial charge < -0.3 is 4.74 Å². The normalized spacial score (nSPS) is 12.4. The smallest absolute Gasteiger partial charge is 0.128 e. The van der Waals surface area contributed by atoms with Crippen LogP contribution in [0.15, 0.2) is 17.6 Å². The highest BCUT2D eigenvalue weighted by Crippen LogP contribution is 2.28. The number of nitrogens with zero attached hydrogens (tertiary/aromatic N) is 1. The van der Waals surface area contributed by atoms with Gasteiger partial charge in [0, 0.05) is 29.4 Å². The van der Waals surface area contributed by atoms with Crippen LogP contribution < -0.4 is 16.0 Å². The van der Waals surface area contributed by atoms with Gasteiger partial charge in [0.25, 0.3) is 0 Å². The summed E-state index contributed by atoms with van der Waals surface area (Å²) in [7, 11) is 1.69. The first-order valence-electron chi connectivity index (χ1n) is 6.26. The molecule has 2 rings (SSSR count). The highest BCUT2D eigenvalue weighted by molar-refractivity contribution is 14.1. The lowest BCUT2D eigenvalue weighted by Gasteiger charge is -2.17. The van der Waals surface area contributed by atoms with Crippen LogP contribution in [-0.4, -0.2) is 12.1 Å². The number of hydrazine groups is 1. The van der Waals surface area contributed by atoms with E-state index in [2.05, 4.69) is 44.4 Å². The van der Waals surface area contributed by atoms with Gasteiger partial charge in [-0.3, -0.25) is 16.3 Å². The van der Waals surface area contributed by atoms with Crippen molar-refractivity contribution in [2.45, 2.75) is 26.3 Å². The Labute approximate surface area is 136 Å². The van der Waals surface area contributed by atoms with Crippen LogP contribution in [0.2, 0.25) is 0 Å². The number of nitrogens with one attached hydrogen (secondary N) is 1. The Morgan fingerprint density at radius 1 is 1.50 bits per heavy atom. The average Bonchev–Trinajstić information content (AvgIpc) is 2.85. The van der Waals surface area contributed by atoms with Crippen LogP contribution in [0.5, 0.6) is 5.75 Å². The Morgan fingerprint density at radius 3 is 2.80 bits per heavy atom. The maximum absolute atomic E-state index is 5.71. The third-order valence-corrected chi connectivity index (χ3v) is 5.15. The van der Waals surface area contributed by atoms with Crippen LogP contribution in [0.1, 0.15) is 28.4 Å². The number of thiophene rings is 1. The van der Waals surface area contributed by atoms with E-state index in [-0.39, 0.29) is 6.04 Å². The molecule has 1 unspecified atom stereocenters. The molecule has 0 aliphatic carbocycles. The summed E-state index contributed by atoms with van der Waals surface area (Å²) in [5.41, 5.74) is 7.22. The van der Waals surface area contributed by atoms with Gasteiger partial charge in [-0.25, -0.2) is 0 Å². The number of hydrogen-bond acceptors (Lipinski definition) is 5. The Balaban J connectivity index is 2.28. The van der Waals surface area contributed by atoms with Crippen molar-refractivity contribution in [1.82, 2.24) is 10.4 Å². The van der Waals surface area contributed by atoms with Crippen molar-refractivity contribution in [2.75, 3.05) is 7.11 Å². The van der Waals surface area contributed by atoms with E-state index >= 15 is 0 Å². The minimum Gasteiger partial charge on any atom is -0.496 e. The summed E-state index contributed by atoms with van der Waals surface area (Å²) in [6.07, 6.45) is 2.60. The third kappa shape index (κ3) is 3.30. The molecule has 0 aromatic carbocycles. The fourth-order valence-electron chi connectivity index (χ4n) is 2.25. The van der Waals surface area contributed by atoms with Gasteiger partial charge in [-0.05, 0) is 53.4 Å². The van der Waals surface area contributed by atoms with Crippen molar-refractivity contribution < 1.29 is 4.74 Å². The van der Waals surface area contributed by atoms with Crippen LogP contribution >= 0.6 is 33.9 Å². The maximum atomic E-state index is 5.71. The first kappa shape index (κ1) is 15.7. The highest BCUT2D eigenvalue weighted by atomic mass is 127. The molecule has 0 aliphatic rings. The maximum Gasteiger partial charge on any atom is 0.128 e. The first-order valence-corrected chi connectivity index (χ1v) is 8.21. The summed E-state index contributed by atoms with van der Waals surface area (Å²) in [6, 6.07) is 2.21. The summed E-state index contributed by atoms with van der Waals surface area (Å²) in [5, 5.41) is 2.13. The zero-order valence-electron chi connectivity index (χ0n) is 11.7. The first-order chi connectivity index (χ1) is 9.56. The van der Waals surface area contributed by atoms with Crippen LogP contribution in [0.25, 0.3) is 0 Å². The van der Waals surface area contributed by atoms with Gasteiger partial charge in [0.2, 0.25) is 0 Å². The van der Waals surface area contributed by atoms with E-state index in [1.165, 1.54) is 8.45 Å². The van der Waals surface area contributed by atoms with Crippen LogP contribution in [0.4, 0.5) is 0 Å². The zero-order chi connectivity index (χ0) is 14.7. The SMILES string of the molecule is COc1c(C)cnc(CC(NN)c2csc(I)c2)c1C. The van der Waals surface area contributed by atoms with E-state index in [0.29, 0.717) is 0 Å². The van der Waals surface area contributed by atoms with E-state index in [1.54, 1.807) is 18.4 Å². The predicted octanol–water partition coefficient (Wildman–Crippen LogP) is 3.12. The summed E-state index contributed by atoms with van der Waals surface area (Å²) in [5.74, 6) is 6.61. The summed E-state index contributed by atoms with van der Waals surface area (Å²) in [6.45, 7) is 4.04. The number of aromatic nitrogens is 1. The lowest BCUT2D eigenvalue weighted by molar-refractivity contribution is 0.406. The summed E-state index contributed by atoms with van der Waals surface area (Å²) in [4.78, 5) is 4.53. The molecule has 0 saturated heterocycles. The Kier molecular flexibility index (Phi) is 5.36. The molecule has 108 valence electrons. The van der Waals surface area contributed by atoms with Crippen LogP contribution in [-0.2, 0) is 6.42 Å². The number of rotatable bonds is 5. The molecule has 0 amide bonds. The average molecular weight is 403 g/mol. The molecule has 0 radical (unpaired) electrons. The molecular weight excluding hydrogens is 385 g/mol. The molecule has 0 saturated carbocycles. The van der Waals surface area contributed by atoms with Crippen molar-refractivity contribution in [2.24, 2.45) is 5.84 Å². The lowest BCUT2D eigenvalue weighted by Crippen LogP contribution is -2.29. The molecule has 2 aromatic heterocycles. The zero-order valence-corrected chi connectivity index (χ0v) is 14.7. The second-order valence-corrected chi connectivity index (χ2v) is 7.46. The van der Waals surface area contributed by atoms with Crippen molar-refractivity contribution >= 4 is 33.9 Å². The van der Waals surface area contributed by atoms with Gasteiger partial charge >= 0.3 is 0 Å². The van der Waals surface area contributed by atoms with Gasteiger partial charge in [-0.1, -0.05) is 0 Å². The van der Waals surface area contributed by atoms with Crippen molar-refractivity contribution in [1.29, 1.82) is 0 Å². The molecule has 0 bridgehead atoms. The minimum atomic E-state index is 0.0633. The van der Waals surface area contributed by atoms with E-state index in [9.17, 15) is 0 Å². The molecule has 0 aliphatic heterocycles. The van der Waals surface area contributed by atoms with E-state index in [0.717, 1.165) is 29.0 Å². The topological polar surface area (TPSA) is 60.2 Å². The number of aryl methyl sites for hydroxylation is 1. The fraction of sp³-hybridized carbons (Fsp3) is 0.357. The highest BCUT2D eigenvalue weighted by Gasteiger charge is 2.17. The van der Waals surface area contributed by atoms with E-state index in [1.807, 2.05) is 20.0 Å². The second kappa shape index (κ2) is 6.84. The predicted molar refractivity (Wildman–Crippen MR) is 91.1 cm³/mol. The lowest BCUT2D eigenvalue weighted by atomic mass is 10.0. The third-order valence-electron chi connectivity index (χ3n) is 3.34. The molecular formula is C14H18IN3OS. The van der Waals surface area contributed by atoms with Crippen LogP contribution in [0.3, 0.4) is 0 Å². The number of ether oxygens (including phenoxy) is 1. The Morgan fingerprint density at radius 2 is 2.25 bits per heavy atom. The Bertz CT molecular complexity index is 600. The second-order valence-electron chi connectivity index (χ2n) is 4.65. The molecule has 0 fully saturated rings. The molecule has 4 nitrogen and oxygen atoms in total. The van der Waals surface area contributed by atoms with E-state index in [4.69, 9.17) is 10.6 Å². The van der Waals surface area contributed by atoms with Gasteiger partial charge in [0.05, 0.1) is 16.0 Å². The van der Waals surface area contributed by atoms with Gasteiger partial charge in [-0.2, -0.15) is 0 Å². The largest absolute Gasteiger partial charge is 0.496 e. The fourth-order valence-corrected chi connectivity index (χ4v) is 3.68. The molecule has 0 spiro atoms. The van der Waals surface area contributed by atoms with Crippen molar-refractivity contribution in [3.05, 3.63) is 42.9 Å². The van der Waals surface area contributed by atoms with Gasteiger partial charge in [0.15, 0.2) is 0 Å². The molecule has 20 heavy (non-hydrogen) atoms. The summed E-state index contributed by atoms with van der Waals surface area (Å²) < 4.78 is 6.70. The number of methoxy groups -OCH3 is 1. The van der Waals surface area contributed by atoms with Gasteiger partial charge in [0.1, 0.15) is 5.75 Å². The van der Waals surface area contributed by atoms with Gasteiger partial charge in [-0.15, -0.1) is 11.3 Å². The summed E-state index contributed by atoms with van der Waals surface area (Å²) >= 11 is 4.04. The number of pyridine rings is 1. The Hall–Kier alpha value is -0.700. The van der Waals surface area contributed by atoms with Crippen molar-refractivity contribution in [3.8, 4) is 5.75 Å². The molecule has 2 heterocycles. The number of hydrogen-bond donors (Lipinski definition) is 2. The number of halogens is 1.